The van der Waals surface area contributed by atoms with Crippen molar-refractivity contribution in [1.82, 2.24) is 15.2 Å². The molecule has 1 fully saturated rings. The zero-order chi connectivity index (χ0) is 23.2. The van der Waals surface area contributed by atoms with Crippen molar-refractivity contribution in [2.75, 3.05) is 13.1 Å². The van der Waals surface area contributed by atoms with Gasteiger partial charge in [-0.2, -0.15) is 0 Å². The third-order valence-corrected chi connectivity index (χ3v) is 6.67. The summed E-state index contributed by atoms with van der Waals surface area (Å²) in [7, 11) is 0. The van der Waals surface area contributed by atoms with E-state index in [0.29, 0.717) is 13.2 Å². The number of rotatable bonds is 8. The second-order valence-corrected chi connectivity index (χ2v) is 9.03. The minimum Gasteiger partial charge on any atom is -0.445 e. The topological polar surface area (TPSA) is 57.4 Å². The van der Waals surface area contributed by atoms with E-state index in [1.165, 1.54) is 16.5 Å². The Morgan fingerprint density at radius 3 is 2.44 bits per heavy atom. The molecule has 4 aromatic rings. The SMILES string of the molecule is O=C(OCc1ccccc1)N1C[C@@H](NCCc2ccccc2)C[C@H]1Cc1c[nH]c2ccccc12. The second-order valence-electron chi connectivity index (χ2n) is 9.03. The number of fused-ring (bicyclic) bond motifs is 1. The highest BCUT2D eigenvalue weighted by Gasteiger charge is 2.36. The second kappa shape index (κ2) is 10.6. The van der Waals surface area contributed by atoms with Gasteiger partial charge in [0.05, 0.1) is 0 Å². The number of benzene rings is 3. The molecule has 1 aliphatic rings. The van der Waals surface area contributed by atoms with E-state index in [1.54, 1.807) is 0 Å². The van der Waals surface area contributed by atoms with Gasteiger partial charge in [-0.1, -0.05) is 78.9 Å². The number of likely N-dealkylation sites (tertiary alicyclic amines) is 1. The Morgan fingerprint density at radius 1 is 0.941 bits per heavy atom. The molecule has 0 saturated carbocycles. The maximum Gasteiger partial charge on any atom is 0.410 e. The van der Waals surface area contributed by atoms with Crippen LogP contribution in [-0.2, 0) is 24.2 Å². The lowest BCUT2D eigenvalue weighted by molar-refractivity contribution is 0.0916. The van der Waals surface area contributed by atoms with Crippen LogP contribution in [0.5, 0.6) is 0 Å². The summed E-state index contributed by atoms with van der Waals surface area (Å²) in [6.07, 6.45) is 4.54. The van der Waals surface area contributed by atoms with Gasteiger partial charge in [-0.15, -0.1) is 0 Å². The summed E-state index contributed by atoms with van der Waals surface area (Å²) in [6.45, 7) is 1.85. The quantitative estimate of drug-likeness (QED) is 0.380. The van der Waals surface area contributed by atoms with Gasteiger partial charge in [-0.3, -0.25) is 0 Å². The van der Waals surface area contributed by atoms with Crippen LogP contribution in [0, 0.1) is 0 Å². The summed E-state index contributed by atoms with van der Waals surface area (Å²) < 4.78 is 5.72. The molecule has 2 N–H and O–H groups in total. The largest absolute Gasteiger partial charge is 0.445 e. The standard InChI is InChI=1S/C29H31N3O2/c33-29(34-21-23-11-5-2-6-12-23)32-20-25(30-16-15-22-9-3-1-4-10-22)18-26(32)17-24-19-31-28-14-8-7-13-27(24)28/h1-14,19,25-26,30-31H,15-18,20-21H2/t25-,26+/m0/s1. The van der Waals surface area contributed by atoms with Crippen LogP contribution in [0.15, 0.2) is 91.1 Å². The summed E-state index contributed by atoms with van der Waals surface area (Å²) >= 11 is 0. The van der Waals surface area contributed by atoms with E-state index in [9.17, 15) is 4.79 Å². The highest BCUT2D eigenvalue weighted by Crippen LogP contribution is 2.27. The van der Waals surface area contributed by atoms with Crippen molar-refractivity contribution < 1.29 is 9.53 Å². The fraction of sp³-hybridized carbons (Fsp3) is 0.276. The molecule has 174 valence electrons. The monoisotopic (exact) mass is 453 g/mol. The molecule has 5 rings (SSSR count). The van der Waals surface area contributed by atoms with Crippen LogP contribution in [0.2, 0.25) is 0 Å². The summed E-state index contributed by atoms with van der Waals surface area (Å²) in [6, 6.07) is 29.0. The van der Waals surface area contributed by atoms with Crippen LogP contribution < -0.4 is 5.32 Å². The molecule has 1 amide bonds. The number of aromatic amines is 1. The third kappa shape index (κ3) is 5.32. The molecule has 1 aromatic heterocycles. The summed E-state index contributed by atoms with van der Waals surface area (Å²) in [5, 5.41) is 4.90. The highest BCUT2D eigenvalue weighted by atomic mass is 16.6. The van der Waals surface area contributed by atoms with Crippen molar-refractivity contribution in [3.63, 3.8) is 0 Å². The normalized spacial score (nSPS) is 17.8. The Kier molecular flexibility index (Phi) is 6.91. The first kappa shape index (κ1) is 22.2. The number of aromatic nitrogens is 1. The molecule has 5 nitrogen and oxygen atoms in total. The van der Waals surface area contributed by atoms with Crippen LogP contribution in [0.25, 0.3) is 10.9 Å². The smallest absolute Gasteiger partial charge is 0.410 e. The van der Waals surface area contributed by atoms with Crippen molar-refractivity contribution in [1.29, 1.82) is 0 Å². The van der Waals surface area contributed by atoms with E-state index in [1.807, 2.05) is 47.4 Å². The van der Waals surface area contributed by atoms with Crippen LogP contribution in [0.4, 0.5) is 4.79 Å². The lowest BCUT2D eigenvalue weighted by Crippen LogP contribution is -2.39. The number of carbonyl (C=O) groups excluding carboxylic acids is 1. The van der Waals surface area contributed by atoms with Gasteiger partial charge < -0.3 is 19.9 Å². The predicted octanol–water partition coefficient (Wildman–Crippen LogP) is 5.32. The number of nitrogens with zero attached hydrogens (tertiary/aromatic N) is 1. The fourth-order valence-electron chi connectivity index (χ4n) is 4.90. The Hall–Kier alpha value is -3.57. The zero-order valence-corrected chi connectivity index (χ0v) is 19.3. The number of nitrogens with one attached hydrogen (secondary N) is 2. The number of carbonyl (C=O) groups is 1. The molecule has 0 spiro atoms. The predicted molar refractivity (Wildman–Crippen MR) is 136 cm³/mol. The molecule has 1 aliphatic heterocycles. The first-order valence-corrected chi connectivity index (χ1v) is 12.1. The summed E-state index contributed by atoms with van der Waals surface area (Å²) in [4.78, 5) is 18.4. The summed E-state index contributed by atoms with van der Waals surface area (Å²) in [5.41, 5.74) is 4.70. The third-order valence-electron chi connectivity index (χ3n) is 6.67. The molecule has 2 atom stereocenters. The molecule has 5 heteroatoms. The van der Waals surface area contributed by atoms with E-state index in [0.717, 1.165) is 36.9 Å². The average molecular weight is 454 g/mol. The first-order chi connectivity index (χ1) is 16.8. The van der Waals surface area contributed by atoms with Gasteiger partial charge in [-0.25, -0.2) is 4.79 Å². The lowest BCUT2D eigenvalue weighted by atomic mass is 10.0. The molecule has 0 bridgehead atoms. The van der Waals surface area contributed by atoms with Crippen LogP contribution in [0.3, 0.4) is 0 Å². The lowest BCUT2D eigenvalue weighted by Gasteiger charge is -2.24. The van der Waals surface area contributed by atoms with Crippen molar-refractivity contribution in [3.05, 3.63) is 108 Å². The van der Waals surface area contributed by atoms with Crippen molar-refractivity contribution in [3.8, 4) is 0 Å². The molecule has 34 heavy (non-hydrogen) atoms. The molecule has 3 aromatic carbocycles. The van der Waals surface area contributed by atoms with E-state index >= 15 is 0 Å². The van der Waals surface area contributed by atoms with Gasteiger partial charge in [0.15, 0.2) is 0 Å². The Morgan fingerprint density at radius 2 is 1.65 bits per heavy atom. The number of ether oxygens (including phenoxy) is 1. The van der Waals surface area contributed by atoms with Gasteiger partial charge in [0, 0.05) is 35.7 Å². The van der Waals surface area contributed by atoms with Gasteiger partial charge in [0.25, 0.3) is 0 Å². The molecule has 0 unspecified atom stereocenters. The maximum absolute atomic E-state index is 13.1. The van der Waals surface area contributed by atoms with E-state index in [-0.39, 0.29) is 18.2 Å². The first-order valence-electron chi connectivity index (χ1n) is 12.1. The molecule has 0 aliphatic carbocycles. The van der Waals surface area contributed by atoms with Crippen molar-refractivity contribution in [2.24, 2.45) is 0 Å². The van der Waals surface area contributed by atoms with Gasteiger partial charge >= 0.3 is 6.09 Å². The number of para-hydroxylation sites is 1. The van der Waals surface area contributed by atoms with E-state index in [2.05, 4.69) is 59.0 Å². The van der Waals surface area contributed by atoms with E-state index < -0.39 is 0 Å². The minimum absolute atomic E-state index is 0.0942. The Labute approximate surface area is 200 Å². The maximum atomic E-state index is 13.1. The van der Waals surface area contributed by atoms with Crippen LogP contribution in [-0.4, -0.2) is 41.2 Å². The average Bonchev–Trinajstić information content (AvgIpc) is 3.48. The molecular formula is C29H31N3O2. The molecular weight excluding hydrogens is 422 g/mol. The fourth-order valence-corrected chi connectivity index (χ4v) is 4.90. The van der Waals surface area contributed by atoms with Crippen LogP contribution in [0.1, 0.15) is 23.1 Å². The molecule has 2 heterocycles. The molecule has 0 radical (unpaired) electrons. The van der Waals surface area contributed by atoms with Gasteiger partial charge in [0.2, 0.25) is 0 Å². The highest BCUT2D eigenvalue weighted by molar-refractivity contribution is 5.83. The summed E-state index contributed by atoms with van der Waals surface area (Å²) in [5.74, 6) is 0. The van der Waals surface area contributed by atoms with Gasteiger partial charge in [0.1, 0.15) is 6.61 Å². The number of amides is 1. The van der Waals surface area contributed by atoms with Crippen molar-refractivity contribution >= 4 is 17.0 Å². The number of hydrogen-bond acceptors (Lipinski definition) is 3. The van der Waals surface area contributed by atoms with Crippen molar-refractivity contribution in [2.45, 2.75) is 38.0 Å². The number of H-pyrrole nitrogens is 1. The Balaban J connectivity index is 1.26. The zero-order valence-electron chi connectivity index (χ0n) is 19.3. The molecule has 1 saturated heterocycles. The van der Waals surface area contributed by atoms with Crippen LogP contribution >= 0.6 is 0 Å². The van der Waals surface area contributed by atoms with E-state index in [4.69, 9.17) is 4.74 Å². The van der Waals surface area contributed by atoms with Gasteiger partial charge in [-0.05, 0) is 48.6 Å². The number of hydrogen-bond donors (Lipinski definition) is 2. The minimum atomic E-state index is -0.235. The Bertz CT molecular complexity index is 1210.